The first-order valence-corrected chi connectivity index (χ1v) is 12.4. The van der Waals surface area contributed by atoms with E-state index >= 15 is 0 Å². The Morgan fingerprint density at radius 2 is 1.81 bits per heavy atom. The Hall–Kier alpha value is -1.89. The Balaban J connectivity index is 2.15. The summed E-state index contributed by atoms with van der Waals surface area (Å²) in [7, 11) is 1.61. The quantitative estimate of drug-likeness (QED) is 0.441. The van der Waals surface area contributed by atoms with Crippen LogP contribution in [0.3, 0.4) is 0 Å². The number of carbonyl (C=O) groups is 2. The second kappa shape index (κ2) is 13.0. The van der Waals surface area contributed by atoms with Crippen LogP contribution in [0, 0.1) is 0 Å². The van der Waals surface area contributed by atoms with Gasteiger partial charge in [0.05, 0.1) is 12.9 Å². The number of halogens is 2. The molecule has 2 amide bonds. The second-order valence-electron chi connectivity index (χ2n) is 7.69. The molecule has 0 fully saturated rings. The number of ether oxygens (including phenoxy) is 1. The average molecular weight is 497 g/mol. The maximum atomic E-state index is 13.2. The molecule has 32 heavy (non-hydrogen) atoms. The van der Waals surface area contributed by atoms with E-state index in [2.05, 4.69) is 5.32 Å². The van der Waals surface area contributed by atoms with Crippen LogP contribution in [0.5, 0.6) is 5.75 Å². The molecule has 0 unspecified atom stereocenters. The molecule has 0 aliphatic heterocycles. The lowest BCUT2D eigenvalue weighted by Gasteiger charge is -2.31. The zero-order valence-electron chi connectivity index (χ0n) is 18.9. The van der Waals surface area contributed by atoms with E-state index in [1.807, 2.05) is 51.1 Å². The van der Waals surface area contributed by atoms with Crippen molar-refractivity contribution >= 4 is 46.8 Å². The van der Waals surface area contributed by atoms with Crippen molar-refractivity contribution in [2.45, 2.75) is 51.6 Å². The standard InChI is InChI=1S/C24H30Cl2N2O3S/c1-5-22(24(30)27-16(2)3)28(13-17-6-10-20(31-4)11-7-17)23(29)15-32-14-18-8-9-19(25)12-21(18)26/h6-12,16,22H,5,13-15H2,1-4H3,(H,27,30)/t22-/m1/s1. The third-order valence-electron chi connectivity index (χ3n) is 4.83. The van der Waals surface area contributed by atoms with E-state index in [4.69, 9.17) is 27.9 Å². The van der Waals surface area contributed by atoms with Gasteiger partial charge in [-0.15, -0.1) is 11.8 Å². The lowest BCUT2D eigenvalue weighted by Crippen LogP contribution is -2.50. The number of rotatable bonds is 11. The Morgan fingerprint density at radius 1 is 1.12 bits per heavy atom. The molecule has 0 heterocycles. The number of nitrogens with one attached hydrogen (secondary N) is 1. The summed E-state index contributed by atoms with van der Waals surface area (Å²) >= 11 is 13.7. The van der Waals surface area contributed by atoms with Gasteiger partial charge in [-0.2, -0.15) is 0 Å². The summed E-state index contributed by atoms with van der Waals surface area (Å²) < 4.78 is 5.22. The molecule has 2 aromatic carbocycles. The first-order valence-electron chi connectivity index (χ1n) is 10.5. The van der Waals surface area contributed by atoms with Gasteiger partial charge in [-0.1, -0.05) is 48.3 Å². The molecule has 0 bridgehead atoms. The highest BCUT2D eigenvalue weighted by Crippen LogP contribution is 2.25. The summed E-state index contributed by atoms with van der Waals surface area (Å²) in [6.07, 6.45) is 0.522. The summed E-state index contributed by atoms with van der Waals surface area (Å²) in [5.74, 6) is 1.32. The van der Waals surface area contributed by atoms with Gasteiger partial charge in [0.1, 0.15) is 11.8 Å². The van der Waals surface area contributed by atoms with Crippen LogP contribution in [0.25, 0.3) is 0 Å². The lowest BCUT2D eigenvalue weighted by atomic mass is 10.1. The number of hydrogen-bond donors (Lipinski definition) is 1. The van der Waals surface area contributed by atoms with Gasteiger partial charge in [0.2, 0.25) is 11.8 Å². The van der Waals surface area contributed by atoms with Crippen LogP contribution in [0.1, 0.15) is 38.3 Å². The van der Waals surface area contributed by atoms with Crippen LogP contribution >= 0.6 is 35.0 Å². The first-order chi connectivity index (χ1) is 15.2. The molecule has 5 nitrogen and oxygen atoms in total. The van der Waals surface area contributed by atoms with Gasteiger partial charge in [0.25, 0.3) is 0 Å². The van der Waals surface area contributed by atoms with Crippen LogP contribution in [0.2, 0.25) is 10.0 Å². The fraction of sp³-hybridized carbons (Fsp3) is 0.417. The molecule has 2 aromatic rings. The number of nitrogens with zero attached hydrogens (tertiary/aromatic N) is 1. The van der Waals surface area contributed by atoms with Crippen LogP contribution in [0.15, 0.2) is 42.5 Å². The van der Waals surface area contributed by atoms with Crippen molar-refractivity contribution in [3.05, 3.63) is 63.6 Å². The Morgan fingerprint density at radius 3 is 2.38 bits per heavy atom. The maximum Gasteiger partial charge on any atom is 0.243 e. The molecule has 0 saturated carbocycles. The molecule has 174 valence electrons. The molecule has 0 aliphatic rings. The fourth-order valence-corrected chi connectivity index (χ4v) is 4.67. The average Bonchev–Trinajstić information content (AvgIpc) is 2.75. The minimum absolute atomic E-state index is 0.00379. The molecule has 0 aromatic heterocycles. The van der Waals surface area contributed by atoms with Crippen LogP contribution in [-0.4, -0.2) is 41.7 Å². The van der Waals surface area contributed by atoms with Crippen molar-refractivity contribution in [3.63, 3.8) is 0 Å². The van der Waals surface area contributed by atoms with Crippen molar-refractivity contribution in [2.75, 3.05) is 12.9 Å². The third-order valence-corrected chi connectivity index (χ3v) is 6.38. The van der Waals surface area contributed by atoms with Gasteiger partial charge >= 0.3 is 0 Å². The van der Waals surface area contributed by atoms with Gasteiger partial charge in [0.15, 0.2) is 0 Å². The largest absolute Gasteiger partial charge is 0.497 e. The Labute approximate surface area is 204 Å². The molecule has 0 saturated heterocycles. The number of carbonyl (C=O) groups excluding carboxylic acids is 2. The molecular formula is C24H30Cl2N2O3S. The monoisotopic (exact) mass is 496 g/mol. The maximum absolute atomic E-state index is 13.2. The molecule has 2 rings (SSSR count). The van der Waals surface area contributed by atoms with Crippen molar-refractivity contribution in [2.24, 2.45) is 0 Å². The minimum atomic E-state index is -0.549. The first kappa shape index (κ1) is 26.4. The molecule has 0 radical (unpaired) electrons. The summed E-state index contributed by atoms with van der Waals surface area (Å²) in [5, 5.41) is 4.09. The van der Waals surface area contributed by atoms with Crippen molar-refractivity contribution in [3.8, 4) is 5.75 Å². The Bertz CT molecular complexity index is 907. The zero-order chi connectivity index (χ0) is 23.7. The number of thioether (sulfide) groups is 1. The number of methoxy groups -OCH3 is 1. The minimum Gasteiger partial charge on any atom is -0.497 e. The summed E-state index contributed by atoms with van der Waals surface area (Å²) in [4.78, 5) is 27.7. The third kappa shape index (κ3) is 7.91. The lowest BCUT2D eigenvalue weighted by molar-refractivity contribution is -0.139. The van der Waals surface area contributed by atoms with Gasteiger partial charge in [-0.3, -0.25) is 9.59 Å². The Kier molecular flexibility index (Phi) is 10.7. The van der Waals surface area contributed by atoms with E-state index in [1.54, 1.807) is 24.1 Å². The normalized spacial score (nSPS) is 11.8. The highest BCUT2D eigenvalue weighted by molar-refractivity contribution is 7.99. The van der Waals surface area contributed by atoms with Gasteiger partial charge in [0, 0.05) is 28.4 Å². The van der Waals surface area contributed by atoms with E-state index in [0.717, 1.165) is 16.9 Å². The van der Waals surface area contributed by atoms with Gasteiger partial charge < -0.3 is 15.0 Å². The van der Waals surface area contributed by atoms with Crippen LogP contribution < -0.4 is 10.1 Å². The van der Waals surface area contributed by atoms with E-state index in [1.165, 1.54) is 11.8 Å². The molecule has 0 aliphatic carbocycles. The predicted molar refractivity (Wildman–Crippen MR) is 134 cm³/mol. The molecule has 8 heteroatoms. The molecular weight excluding hydrogens is 467 g/mol. The van der Waals surface area contributed by atoms with E-state index in [-0.39, 0.29) is 23.6 Å². The molecule has 1 N–H and O–H groups in total. The van der Waals surface area contributed by atoms with Crippen molar-refractivity contribution in [1.82, 2.24) is 10.2 Å². The van der Waals surface area contributed by atoms with Crippen molar-refractivity contribution < 1.29 is 14.3 Å². The zero-order valence-corrected chi connectivity index (χ0v) is 21.2. The van der Waals surface area contributed by atoms with Crippen LogP contribution in [0.4, 0.5) is 0 Å². The topological polar surface area (TPSA) is 58.6 Å². The second-order valence-corrected chi connectivity index (χ2v) is 9.51. The number of hydrogen-bond acceptors (Lipinski definition) is 4. The summed E-state index contributed by atoms with van der Waals surface area (Å²) in [5.41, 5.74) is 1.85. The summed E-state index contributed by atoms with van der Waals surface area (Å²) in [6, 6.07) is 12.3. The van der Waals surface area contributed by atoms with Crippen molar-refractivity contribution in [1.29, 1.82) is 0 Å². The van der Waals surface area contributed by atoms with E-state index in [9.17, 15) is 9.59 Å². The van der Waals surface area contributed by atoms with Gasteiger partial charge in [-0.25, -0.2) is 0 Å². The van der Waals surface area contributed by atoms with E-state index in [0.29, 0.717) is 28.8 Å². The fourth-order valence-electron chi connectivity index (χ4n) is 3.20. The summed E-state index contributed by atoms with van der Waals surface area (Å²) in [6.45, 7) is 6.08. The number of benzene rings is 2. The van der Waals surface area contributed by atoms with Crippen LogP contribution in [-0.2, 0) is 21.9 Å². The SMILES string of the molecule is CC[C@H](C(=O)NC(C)C)N(Cc1ccc(OC)cc1)C(=O)CSCc1ccc(Cl)cc1Cl. The smallest absolute Gasteiger partial charge is 0.243 e. The number of amides is 2. The highest BCUT2D eigenvalue weighted by Gasteiger charge is 2.28. The van der Waals surface area contributed by atoms with Gasteiger partial charge in [-0.05, 0) is 55.7 Å². The molecule has 1 atom stereocenters. The highest BCUT2D eigenvalue weighted by atomic mass is 35.5. The van der Waals surface area contributed by atoms with E-state index < -0.39 is 6.04 Å². The molecule has 0 spiro atoms. The predicted octanol–water partition coefficient (Wildman–Crippen LogP) is 5.57.